The van der Waals surface area contributed by atoms with E-state index < -0.39 is 6.04 Å². The van der Waals surface area contributed by atoms with Crippen molar-refractivity contribution in [3.8, 4) is 11.5 Å². The molecular weight excluding hydrogens is 496 g/mol. The van der Waals surface area contributed by atoms with Crippen LogP contribution in [0.15, 0.2) is 58.3 Å². The predicted octanol–water partition coefficient (Wildman–Crippen LogP) is 4.29. The van der Waals surface area contributed by atoms with E-state index in [-0.39, 0.29) is 17.1 Å². The number of rotatable bonds is 9. The fraction of sp³-hybridized carbons (Fsp3) is 0.357. The van der Waals surface area contributed by atoms with Crippen LogP contribution >= 0.6 is 11.6 Å². The summed E-state index contributed by atoms with van der Waals surface area (Å²) in [6, 6.07) is 9.66. The summed E-state index contributed by atoms with van der Waals surface area (Å²) in [6.45, 7) is 8.45. The molecule has 1 amide bonds. The summed E-state index contributed by atoms with van der Waals surface area (Å²) >= 11 is 6.18. The van der Waals surface area contributed by atoms with Gasteiger partial charge in [0.1, 0.15) is 12.2 Å². The van der Waals surface area contributed by atoms with Crippen LogP contribution < -0.4 is 14.9 Å². The van der Waals surface area contributed by atoms with Gasteiger partial charge >= 0.3 is 0 Å². The Morgan fingerprint density at radius 3 is 2.68 bits per heavy atom. The molecule has 2 aliphatic rings. The van der Waals surface area contributed by atoms with Crippen LogP contribution in [-0.2, 0) is 4.74 Å². The van der Waals surface area contributed by atoms with Crippen LogP contribution in [0.4, 0.5) is 0 Å². The first-order chi connectivity index (χ1) is 18.0. The molecule has 2 aliphatic heterocycles. The van der Waals surface area contributed by atoms with E-state index in [0.29, 0.717) is 59.4 Å². The average molecular weight is 525 g/mol. The molecule has 1 unspecified atom stereocenters. The van der Waals surface area contributed by atoms with E-state index >= 15 is 0 Å². The number of halogens is 1. The third-order valence-electron chi connectivity index (χ3n) is 6.76. The number of hydrogen-bond donors (Lipinski definition) is 0. The van der Waals surface area contributed by atoms with E-state index in [1.807, 2.05) is 12.1 Å². The first kappa shape index (κ1) is 25.3. The zero-order valence-electron chi connectivity index (χ0n) is 20.7. The lowest BCUT2D eigenvalue weighted by atomic mass is 9.98. The van der Waals surface area contributed by atoms with Crippen molar-refractivity contribution < 1.29 is 23.4 Å². The molecular formula is C28H29ClN2O6. The molecule has 5 rings (SSSR count). The summed E-state index contributed by atoms with van der Waals surface area (Å²) in [5.74, 6) is 0.817. The number of benzene rings is 2. The minimum absolute atomic E-state index is 0.0714. The van der Waals surface area contributed by atoms with Gasteiger partial charge in [0, 0.05) is 31.2 Å². The summed E-state index contributed by atoms with van der Waals surface area (Å²) in [5.41, 5.74) is 1.11. The molecule has 194 valence electrons. The number of ether oxygens (including phenoxy) is 3. The first-order valence-electron chi connectivity index (χ1n) is 12.3. The largest absolute Gasteiger partial charge is 0.493 e. The molecule has 0 saturated carbocycles. The Balaban J connectivity index is 1.55. The molecule has 8 nitrogen and oxygen atoms in total. The van der Waals surface area contributed by atoms with E-state index in [2.05, 4.69) is 11.5 Å². The second-order valence-corrected chi connectivity index (χ2v) is 9.47. The third kappa shape index (κ3) is 4.97. The minimum atomic E-state index is -0.630. The summed E-state index contributed by atoms with van der Waals surface area (Å²) in [4.78, 5) is 31.4. The first-order valence-corrected chi connectivity index (χ1v) is 12.7. The zero-order chi connectivity index (χ0) is 25.9. The van der Waals surface area contributed by atoms with Crippen LogP contribution in [0.2, 0.25) is 5.02 Å². The van der Waals surface area contributed by atoms with Gasteiger partial charge in [0.25, 0.3) is 5.91 Å². The molecule has 1 atom stereocenters. The van der Waals surface area contributed by atoms with Gasteiger partial charge in [-0.15, -0.1) is 0 Å². The van der Waals surface area contributed by atoms with Crippen LogP contribution in [0.5, 0.6) is 11.5 Å². The Morgan fingerprint density at radius 1 is 1.11 bits per heavy atom. The standard InChI is InChI=1S/C28H29ClN2O6/c1-3-13-36-22-7-5-18(16-23(22)34-2)25-24-26(32)20-17-19(29)6-8-21(20)37-27(24)28(33)31(25)10-4-9-30-11-14-35-15-12-30/h3,5-8,16-17,25H,1,4,9-15H2,2H3. The molecule has 1 aromatic heterocycles. The van der Waals surface area contributed by atoms with Crippen molar-refractivity contribution in [2.24, 2.45) is 0 Å². The zero-order valence-corrected chi connectivity index (χ0v) is 21.5. The van der Waals surface area contributed by atoms with Crippen molar-refractivity contribution in [2.75, 3.05) is 53.1 Å². The van der Waals surface area contributed by atoms with E-state index in [1.54, 1.807) is 42.4 Å². The summed E-state index contributed by atoms with van der Waals surface area (Å²) in [5, 5.41) is 0.769. The van der Waals surface area contributed by atoms with Crippen molar-refractivity contribution in [2.45, 2.75) is 12.5 Å². The topological polar surface area (TPSA) is 81.5 Å². The number of hydrogen-bond acceptors (Lipinski definition) is 7. The molecule has 1 saturated heterocycles. The van der Waals surface area contributed by atoms with Gasteiger partial charge in [-0.1, -0.05) is 30.3 Å². The quantitative estimate of drug-likeness (QED) is 0.386. The fourth-order valence-corrected chi connectivity index (χ4v) is 5.15. The van der Waals surface area contributed by atoms with Crippen LogP contribution in [0.1, 0.15) is 34.1 Å². The third-order valence-corrected chi connectivity index (χ3v) is 7.00. The Kier molecular flexibility index (Phi) is 7.50. The highest BCUT2D eigenvalue weighted by Gasteiger charge is 2.42. The second kappa shape index (κ2) is 11.0. The predicted molar refractivity (Wildman–Crippen MR) is 141 cm³/mol. The monoisotopic (exact) mass is 524 g/mol. The van der Waals surface area contributed by atoms with Crippen LogP contribution in [-0.4, -0.2) is 68.8 Å². The van der Waals surface area contributed by atoms with Gasteiger partial charge in [-0.3, -0.25) is 14.5 Å². The van der Waals surface area contributed by atoms with Gasteiger partial charge in [-0.2, -0.15) is 0 Å². The smallest absolute Gasteiger partial charge is 0.290 e. The van der Waals surface area contributed by atoms with Gasteiger partial charge in [-0.25, -0.2) is 0 Å². The second-order valence-electron chi connectivity index (χ2n) is 9.03. The molecule has 0 spiro atoms. The Bertz CT molecular complexity index is 1380. The normalized spacial score (nSPS) is 17.7. The molecule has 37 heavy (non-hydrogen) atoms. The lowest BCUT2D eigenvalue weighted by Gasteiger charge is -2.29. The van der Waals surface area contributed by atoms with Gasteiger partial charge in [0.2, 0.25) is 5.76 Å². The van der Waals surface area contributed by atoms with Crippen LogP contribution in [0.3, 0.4) is 0 Å². The lowest BCUT2D eigenvalue weighted by molar-refractivity contribution is 0.0353. The maximum atomic E-state index is 13.7. The highest BCUT2D eigenvalue weighted by Crippen LogP contribution is 2.41. The van der Waals surface area contributed by atoms with Gasteiger partial charge < -0.3 is 23.5 Å². The molecule has 0 aliphatic carbocycles. The fourth-order valence-electron chi connectivity index (χ4n) is 4.98. The molecule has 0 radical (unpaired) electrons. The average Bonchev–Trinajstić information content (AvgIpc) is 3.20. The van der Waals surface area contributed by atoms with Crippen molar-refractivity contribution >= 4 is 28.5 Å². The molecule has 1 fully saturated rings. The van der Waals surface area contributed by atoms with Gasteiger partial charge in [-0.05, 0) is 42.3 Å². The minimum Gasteiger partial charge on any atom is -0.493 e. The Hall–Kier alpha value is -3.33. The number of amides is 1. The van der Waals surface area contributed by atoms with Crippen molar-refractivity contribution in [3.05, 3.63) is 81.2 Å². The molecule has 2 aromatic carbocycles. The number of methoxy groups -OCH3 is 1. The highest BCUT2D eigenvalue weighted by atomic mass is 35.5. The Morgan fingerprint density at radius 2 is 1.92 bits per heavy atom. The van der Waals surface area contributed by atoms with E-state index in [1.165, 1.54) is 0 Å². The number of morpholine rings is 1. The molecule has 3 heterocycles. The van der Waals surface area contributed by atoms with E-state index in [4.69, 9.17) is 30.2 Å². The lowest BCUT2D eigenvalue weighted by Crippen LogP contribution is -2.38. The summed E-state index contributed by atoms with van der Waals surface area (Å²) in [7, 11) is 1.55. The molecule has 0 N–H and O–H groups in total. The molecule has 0 bridgehead atoms. The Labute approximate surface area is 220 Å². The van der Waals surface area contributed by atoms with Crippen LogP contribution in [0, 0.1) is 0 Å². The van der Waals surface area contributed by atoms with E-state index in [9.17, 15) is 9.59 Å². The van der Waals surface area contributed by atoms with Crippen molar-refractivity contribution in [1.82, 2.24) is 9.80 Å². The van der Waals surface area contributed by atoms with Crippen molar-refractivity contribution in [1.29, 1.82) is 0 Å². The van der Waals surface area contributed by atoms with Gasteiger partial charge in [0.05, 0.1) is 37.3 Å². The molecule has 3 aromatic rings. The maximum Gasteiger partial charge on any atom is 0.290 e. The van der Waals surface area contributed by atoms with Crippen molar-refractivity contribution in [3.63, 3.8) is 0 Å². The van der Waals surface area contributed by atoms with Gasteiger partial charge in [0.15, 0.2) is 16.9 Å². The summed E-state index contributed by atoms with van der Waals surface area (Å²) < 4.78 is 22.7. The number of carbonyl (C=O) groups is 1. The van der Waals surface area contributed by atoms with Crippen LogP contribution in [0.25, 0.3) is 11.0 Å². The number of fused-ring (bicyclic) bond motifs is 2. The van der Waals surface area contributed by atoms with E-state index in [0.717, 1.165) is 31.6 Å². The summed E-state index contributed by atoms with van der Waals surface area (Å²) in [6.07, 6.45) is 2.39. The highest BCUT2D eigenvalue weighted by molar-refractivity contribution is 6.31. The number of nitrogens with zero attached hydrogens (tertiary/aromatic N) is 2. The number of carbonyl (C=O) groups excluding carboxylic acids is 1. The molecule has 9 heteroatoms. The maximum absolute atomic E-state index is 13.7. The SMILES string of the molecule is C=CCOc1ccc(C2c3c(oc4ccc(Cl)cc4c3=O)C(=O)N2CCCN2CCOCC2)cc1OC.